The van der Waals surface area contributed by atoms with Crippen LogP contribution in [-0.4, -0.2) is 5.11 Å². The normalized spacial score (nSPS) is 16.9. The summed E-state index contributed by atoms with van der Waals surface area (Å²) in [5.41, 5.74) is 3.81. The molecule has 21 heavy (non-hydrogen) atoms. The van der Waals surface area contributed by atoms with Crippen molar-refractivity contribution in [3.05, 3.63) is 64.1 Å². The molecule has 0 fully saturated rings. The van der Waals surface area contributed by atoms with Gasteiger partial charge in [0.05, 0.1) is 6.04 Å². The van der Waals surface area contributed by atoms with Gasteiger partial charge in [-0.25, -0.2) is 0 Å². The molecule has 0 radical (unpaired) electrons. The molecule has 3 rings (SSSR count). The maximum Gasteiger partial charge on any atom is 0.171 e. The number of hydrogen-bond donors (Lipinski definition) is 2. The van der Waals surface area contributed by atoms with Gasteiger partial charge in [-0.2, -0.15) is 0 Å². The molecule has 2 nitrogen and oxygen atoms in total. The van der Waals surface area contributed by atoms with E-state index in [1.54, 1.807) is 0 Å². The average Bonchev–Trinajstić information content (AvgIpc) is 2.47. The zero-order valence-corrected chi connectivity index (χ0v) is 14.0. The van der Waals surface area contributed by atoms with Crippen molar-refractivity contribution in [1.29, 1.82) is 0 Å². The van der Waals surface area contributed by atoms with Crippen LogP contribution < -0.4 is 10.6 Å². The molecule has 1 aliphatic rings. The Balaban J connectivity index is 1.68. The quantitative estimate of drug-likeness (QED) is 0.751. The molecule has 0 saturated carbocycles. The lowest BCUT2D eigenvalue weighted by molar-refractivity contribution is 0.529. The number of halogens is 1. The minimum Gasteiger partial charge on any atom is -0.356 e. The van der Waals surface area contributed by atoms with E-state index < -0.39 is 0 Å². The van der Waals surface area contributed by atoms with Gasteiger partial charge in [0, 0.05) is 10.2 Å². The molecule has 0 bridgehead atoms. The molecule has 2 N–H and O–H groups in total. The second-order valence-corrected chi connectivity index (χ2v) is 6.58. The lowest BCUT2D eigenvalue weighted by atomic mass is 9.88. The van der Waals surface area contributed by atoms with Gasteiger partial charge in [0.25, 0.3) is 0 Å². The van der Waals surface area contributed by atoms with Crippen LogP contribution in [0.5, 0.6) is 0 Å². The Kier molecular flexibility index (Phi) is 4.56. The molecule has 1 aliphatic carbocycles. The van der Waals surface area contributed by atoms with Gasteiger partial charge in [0.2, 0.25) is 0 Å². The first-order chi connectivity index (χ1) is 10.2. The first kappa shape index (κ1) is 14.5. The number of hydrogen-bond acceptors (Lipinski definition) is 1. The molecule has 2 aromatic carbocycles. The topological polar surface area (TPSA) is 24.1 Å². The number of benzene rings is 2. The Morgan fingerprint density at radius 3 is 2.86 bits per heavy atom. The summed E-state index contributed by atoms with van der Waals surface area (Å²) in [6.07, 6.45) is 3.49. The van der Waals surface area contributed by atoms with Gasteiger partial charge in [0.15, 0.2) is 5.11 Å². The molecule has 1 atom stereocenters. The molecule has 0 spiro atoms. The molecule has 0 aliphatic heterocycles. The highest BCUT2D eigenvalue weighted by Crippen LogP contribution is 2.29. The molecule has 0 saturated heterocycles. The summed E-state index contributed by atoms with van der Waals surface area (Å²) in [4.78, 5) is 0. The standard InChI is InChI=1S/C17H17BrN2S/c18-13-7-4-8-14(11-13)19-17(21)20-16-10-3-6-12-5-1-2-9-15(12)16/h1-2,4-5,7-9,11,16H,3,6,10H2,(H2,19,20,21)/t16-/m1/s1. The minimum atomic E-state index is 0.308. The van der Waals surface area contributed by atoms with Crippen LogP contribution in [0.4, 0.5) is 5.69 Å². The molecule has 108 valence electrons. The van der Waals surface area contributed by atoms with Crippen molar-refractivity contribution in [3.8, 4) is 0 Å². The number of anilines is 1. The third-order valence-corrected chi connectivity index (χ3v) is 4.47. The molecule has 0 heterocycles. The van der Waals surface area contributed by atoms with Gasteiger partial charge in [-0.1, -0.05) is 46.3 Å². The summed E-state index contributed by atoms with van der Waals surface area (Å²) in [5.74, 6) is 0. The molecule has 2 aromatic rings. The highest BCUT2D eigenvalue weighted by atomic mass is 79.9. The number of thiocarbonyl (C=S) groups is 1. The summed E-state index contributed by atoms with van der Waals surface area (Å²) in [5, 5.41) is 7.37. The number of fused-ring (bicyclic) bond motifs is 1. The maximum atomic E-state index is 5.45. The Morgan fingerprint density at radius 2 is 2.00 bits per heavy atom. The fraction of sp³-hybridized carbons (Fsp3) is 0.235. The van der Waals surface area contributed by atoms with Gasteiger partial charge >= 0.3 is 0 Å². The second kappa shape index (κ2) is 6.58. The highest BCUT2D eigenvalue weighted by Gasteiger charge is 2.20. The van der Waals surface area contributed by atoms with Gasteiger partial charge in [-0.05, 0) is 60.8 Å². The fourth-order valence-corrected chi connectivity index (χ4v) is 3.45. The molecule has 0 aromatic heterocycles. The van der Waals surface area contributed by atoms with E-state index in [2.05, 4.69) is 50.8 Å². The third kappa shape index (κ3) is 3.63. The SMILES string of the molecule is S=C(Nc1cccc(Br)c1)N[C@@H]1CCCc2ccccc21. The van der Waals surface area contributed by atoms with E-state index >= 15 is 0 Å². The summed E-state index contributed by atoms with van der Waals surface area (Å²) in [7, 11) is 0. The molecule has 4 heteroatoms. The third-order valence-electron chi connectivity index (χ3n) is 3.76. The van der Waals surface area contributed by atoms with Crippen LogP contribution in [0.25, 0.3) is 0 Å². The predicted molar refractivity (Wildman–Crippen MR) is 95.6 cm³/mol. The molecule has 0 amide bonds. The van der Waals surface area contributed by atoms with Crippen LogP contribution >= 0.6 is 28.1 Å². The van der Waals surface area contributed by atoms with Crippen LogP contribution in [0, 0.1) is 0 Å². The highest BCUT2D eigenvalue weighted by molar-refractivity contribution is 9.10. The van der Waals surface area contributed by atoms with Crippen molar-refractivity contribution in [2.24, 2.45) is 0 Å². The molecular formula is C17H17BrN2S. The van der Waals surface area contributed by atoms with E-state index in [1.165, 1.54) is 24.0 Å². The van der Waals surface area contributed by atoms with Crippen molar-refractivity contribution in [1.82, 2.24) is 5.32 Å². The van der Waals surface area contributed by atoms with Crippen molar-refractivity contribution in [2.45, 2.75) is 25.3 Å². The van der Waals surface area contributed by atoms with E-state index in [0.29, 0.717) is 11.2 Å². The first-order valence-electron chi connectivity index (χ1n) is 7.13. The minimum absolute atomic E-state index is 0.308. The number of nitrogens with one attached hydrogen (secondary N) is 2. The van der Waals surface area contributed by atoms with Gasteiger partial charge in [-0.15, -0.1) is 0 Å². The number of rotatable bonds is 2. The largest absolute Gasteiger partial charge is 0.356 e. The first-order valence-corrected chi connectivity index (χ1v) is 8.33. The lowest BCUT2D eigenvalue weighted by Crippen LogP contribution is -2.34. The lowest BCUT2D eigenvalue weighted by Gasteiger charge is -2.27. The van der Waals surface area contributed by atoms with E-state index in [1.807, 2.05) is 24.3 Å². The van der Waals surface area contributed by atoms with Gasteiger partial charge in [-0.3, -0.25) is 0 Å². The van der Waals surface area contributed by atoms with E-state index in [0.717, 1.165) is 16.6 Å². The monoisotopic (exact) mass is 360 g/mol. The van der Waals surface area contributed by atoms with Crippen molar-refractivity contribution >= 4 is 38.9 Å². The summed E-state index contributed by atoms with van der Waals surface area (Å²) >= 11 is 8.92. The average molecular weight is 361 g/mol. The summed E-state index contributed by atoms with van der Waals surface area (Å²) in [6, 6.07) is 17.0. The Labute approximate surface area is 139 Å². The predicted octanol–water partition coefficient (Wildman–Crippen LogP) is 4.81. The fourth-order valence-electron chi connectivity index (χ4n) is 2.80. The van der Waals surface area contributed by atoms with Crippen LogP contribution in [-0.2, 0) is 6.42 Å². The van der Waals surface area contributed by atoms with Crippen LogP contribution in [0.1, 0.15) is 30.0 Å². The van der Waals surface area contributed by atoms with Crippen LogP contribution in [0.3, 0.4) is 0 Å². The Morgan fingerprint density at radius 1 is 1.14 bits per heavy atom. The van der Waals surface area contributed by atoms with E-state index in [-0.39, 0.29) is 0 Å². The van der Waals surface area contributed by atoms with Gasteiger partial charge < -0.3 is 10.6 Å². The van der Waals surface area contributed by atoms with E-state index in [9.17, 15) is 0 Å². The Bertz CT molecular complexity index is 657. The van der Waals surface area contributed by atoms with Crippen molar-refractivity contribution < 1.29 is 0 Å². The van der Waals surface area contributed by atoms with Crippen LogP contribution in [0.15, 0.2) is 53.0 Å². The zero-order valence-electron chi connectivity index (χ0n) is 11.6. The summed E-state index contributed by atoms with van der Waals surface area (Å²) < 4.78 is 1.04. The Hall–Kier alpha value is -1.39. The molecular weight excluding hydrogens is 344 g/mol. The summed E-state index contributed by atoms with van der Waals surface area (Å²) in [6.45, 7) is 0. The van der Waals surface area contributed by atoms with Crippen LogP contribution in [0.2, 0.25) is 0 Å². The zero-order chi connectivity index (χ0) is 14.7. The van der Waals surface area contributed by atoms with Crippen molar-refractivity contribution in [3.63, 3.8) is 0 Å². The maximum absolute atomic E-state index is 5.45. The smallest absolute Gasteiger partial charge is 0.171 e. The van der Waals surface area contributed by atoms with Crippen molar-refractivity contribution in [2.75, 3.05) is 5.32 Å². The molecule has 0 unspecified atom stereocenters. The second-order valence-electron chi connectivity index (χ2n) is 5.25. The van der Waals surface area contributed by atoms with E-state index in [4.69, 9.17) is 12.2 Å². The van der Waals surface area contributed by atoms with Gasteiger partial charge in [0.1, 0.15) is 0 Å². The number of aryl methyl sites for hydroxylation is 1.